The van der Waals surface area contributed by atoms with Crippen molar-refractivity contribution in [3.05, 3.63) is 18.0 Å². The molecule has 0 saturated carbocycles. The number of aromatic nitrogens is 2. The Kier molecular flexibility index (Phi) is 4.04. The van der Waals surface area contributed by atoms with Crippen LogP contribution in [0, 0.1) is 0 Å². The molecule has 2 rings (SSSR count). The third-order valence-electron chi connectivity index (χ3n) is 3.45. The van der Waals surface area contributed by atoms with Gasteiger partial charge in [0, 0.05) is 39.3 Å². The van der Waals surface area contributed by atoms with Crippen LogP contribution in [0.1, 0.15) is 38.7 Å². The topological polar surface area (TPSA) is 50.6 Å². The molecule has 112 valence electrons. The number of amides is 1. The van der Waals surface area contributed by atoms with Crippen LogP contribution in [0.4, 0.5) is 4.79 Å². The summed E-state index contributed by atoms with van der Waals surface area (Å²) in [7, 11) is 3.68. The Morgan fingerprint density at radius 1 is 1.50 bits per heavy atom. The average Bonchev–Trinajstić information content (AvgIpc) is 2.93. The molecule has 0 radical (unpaired) electrons. The molecule has 1 aliphatic heterocycles. The zero-order valence-electron chi connectivity index (χ0n) is 13.0. The Balaban J connectivity index is 1.93. The summed E-state index contributed by atoms with van der Waals surface area (Å²) in [6.07, 6.45) is 4.67. The summed E-state index contributed by atoms with van der Waals surface area (Å²) >= 11 is 0. The van der Waals surface area contributed by atoms with Crippen molar-refractivity contribution < 1.29 is 9.53 Å². The Hall–Kier alpha value is -1.56. The van der Waals surface area contributed by atoms with Crippen molar-refractivity contribution in [1.29, 1.82) is 0 Å². The summed E-state index contributed by atoms with van der Waals surface area (Å²) in [5.74, 6) is 0.425. The molecule has 0 bridgehead atoms. The SMILES string of the molecule is CN(C(=O)OC(C)(C)C)N1CCC(c2cnn(C)c2)C1. The minimum absolute atomic E-state index is 0.302. The van der Waals surface area contributed by atoms with Crippen molar-refractivity contribution in [2.24, 2.45) is 7.05 Å². The first-order chi connectivity index (χ1) is 9.26. The molecule has 0 N–H and O–H groups in total. The van der Waals surface area contributed by atoms with Gasteiger partial charge in [0.15, 0.2) is 0 Å². The zero-order valence-corrected chi connectivity index (χ0v) is 13.0. The fraction of sp³-hybridized carbons (Fsp3) is 0.714. The Morgan fingerprint density at radius 2 is 2.20 bits per heavy atom. The lowest BCUT2D eigenvalue weighted by Crippen LogP contribution is -2.44. The number of rotatable bonds is 2. The van der Waals surface area contributed by atoms with Crippen LogP contribution >= 0.6 is 0 Å². The van der Waals surface area contributed by atoms with Crippen LogP contribution in [-0.4, -0.2) is 51.6 Å². The molecule has 6 nitrogen and oxygen atoms in total. The number of ether oxygens (including phenoxy) is 1. The van der Waals surface area contributed by atoms with E-state index in [4.69, 9.17) is 4.74 Å². The summed E-state index contributed by atoms with van der Waals surface area (Å²) in [4.78, 5) is 12.0. The molecular weight excluding hydrogens is 256 g/mol. The summed E-state index contributed by atoms with van der Waals surface area (Å²) in [6, 6.07) is 0. The highest BCUT2D eigenvalue weighted by atomic mass is 16.6. The van der Waals surface area contributed by atoms with Gasteiger partial charge < -0.3 is 4.74 Å². The van der Waals surface area contributed by atoms with Crippen LogP contribution in [-0.2, 0) is 11.8 Å². The molecule has 6 heteroatoms. The second kappa shape index (κ2) is 5.44. The van der Waals surface area contributed by atoms with Gasteiger partial charge in [0.1, 0.15) is 5.60 Å². The molecule has 1 saturated heterocycles. The van der Waals surface area contributed by atoms with E-state index in [2.05, 4.69) is 5.10 Å². The average molecular weight is 280 g/mol. The second-order valence-corrected chi connectivity index (χ2v) is 6.35. The van der Waals surface area contributed by atoms with Gasteiger partial charge in [-0.25, -0.2) is 14.8 Å². The molecular formula is C14H24N4O2. The zero-order chi connectivity index (χ0) is 14.9. The maximum atomic E-state index is 12.0. The van der Waals surface area contributed by atoms with Crippen molar-refractivity contribution in [2.45, 2.75) is 38.7 Å². The number of hydrogen-bond donors (Lipinski definition) is 0. The highest BCUT2D eigenvalue weighted by Crippen LogP contribution is 2.27. The summed E-state index contributed by atoms with van der Waals surface area (Å²) in [5, 5.41) is 7.83. The molecule has 1 atom stereocenters. The van der Waals surface area contributed by atoms with Gasteiger partial charge in [0.25, 0.3) is 0 Å². The van der Waals surface area contributed by atoms with Gasteiger partial charge in [-0.2, -0.15) is 5.10 Å². The van der Waals surface area contributed by atoms with Crippen molar-refractivity contribution in [3.8, 4) is 0 Å². The molecule has 1 fully saturated rings. The fourth-order valence-electron chi connectivity index (χ4n) is 2.38. The quantitative estimate of drug-likeness (QED) is 0.831. The Labute approximate surface area is 120 Å². The molecule has 1 aromatic heterocycles. The van der Waals surface area contributed by atoms with Crippen LogP contribution in [0.5, 0.6) is 0 Å². The van der Waals surface area contributed by atoms with Crippen LogP contribution < -0.4 is 0 Å². The number of hydrogen-bond acceptors (Lipinski definition) is 4. The largest absolute Gasteiger partial charge is 0.443 e. The van der Waals surface area contributed by atoms with E-state index in [1.807, 2.05) is 49.9 Å². The van der Waals surface area contributed by atoms with Crippen molar-refractivity contribution in [2.75, 3.05) is 20.1 Å². The Bertz CT molecular complexity index is 478. The van der Waals surface area contributed by atoms with E-state index in [1.54, 1.807) is 12.1 Å². The predicted molar refractivity (Wildman–Crippen MR) is 76.1 cm³/mol. The minimum Gasteiger partial charge on any atom is -0.443 e. The van der Waals surface area contributed by atoms with Crippen molar-refractivity contribution in [3.63, 3.8) is 0 Å². The van der Waals surface area contributed by atoms with E-state index >= 15 is 0 Å². The lowest BCUT2D eigenvalue weighted by Gasteiger charge is -2.30. The van der Waals surface area contributed by atoms with Crippen LogP contribution in [0.25, 0.3) is 0 Å². The highest BCUT2D eigenvalue weighted by molar-refractivity contribution is 5.67. The van der Waals surface area contributed by atoms with E-state index in [0.29, 0.717) is 5.92 Å². The first-order valence-electron chi connectivity index (χ1n) is 6.96. The van der Waals surface area contributed by atoms with Crippen LogP contribution in [0.15, 0.2) is 12.4 Å². The van der Waals surface area contributed by atoms with Crippen LogP contribution in [0.2, 0.25) is 0 Å². The lowest BCUT2D eigenvalue weighted by molar-refractivity contribution is -0.0278. The summed E-state index contributed by atoms with van der Waals surface area (Å²) in [5.41, 5.74) is 0.765. The maximum absolute atomic E-state index is 12.0. The molecule has 1 aliphatic rings. The number of carbonyl (C=O) groups excluding carboxylic acids is 1. The number of nitrogens with zero attached hydrogens (tertiary/aromatic N) is 4. The number of hydrazine groups is 1. The first-order valence-corrected chi connectivity index (χ1v) is 6.96. The summed E-state index contributed by atoms with van der Waals surface area (Å²) < 4.78 is 7.20. The monoisotopic (exact) mass is 280 g/mol. The second-order valence-electron chi connectivity index (χ2n) is 6.35. The highest BCUT2D eigenvalue weighted by Gasteiger charge is 2.31. The smallest absolute Gasteiger partial charge is 0.424 e. The third-order valence-corrected chi connectivity index (χ3v) is 3.45. The first kappa shape index (κ1) is 14.8. The van der Waals surface area contributed by atoms with E-state index in [-0.39, 0.29) is 6.09 Å². The Morgan fingerprint density at radius 3 is 2.75 bits per heavy atom. The molecule has 20 heavy (non-hydrogen) atoms. The van der Waals surface area contributed by atoms with Gasteiger partial charge in [0.05, 0.1) is 6.20 Å². The van der Waals surface area contributed by atoms with Gasteiger partial charge in [-0.05, 0) is 32.8 Å². The molecule has 1 amide bonds. The van der Waals surface area contributed by atoms with Crippen molar-refractivity contribution >= 4 is 6.09 Å². The molecule has 2 heterocycles. The minimum atomic E-state index is -0.464. The molecule has 0 spiro atoms. The maximum Gasteiger partial charge on any atom is 0.424 e. The molecule has 1 unspecified atom stereocenters. The predicted octanol–water partition coefficient (Wildman–Crippen LogP) is 1.99. The molecule has 1 aromatic rings. The van der Waals surface area contributed by atoms with E-state index < -0.39 is 5.60 Å². The summed E-state index contributed by atoms with van der Waals surface area (Å²) in [6.45, 7) is 7.31. The van der Waals surface area contributed by atoms with Gasteiger partial charge >= 0.3 is 6.09 Å². The van der Waals surface area contributed by atoms with Gasteiger partial charge in [0.2, 0.25) is 0 Å². The van der Waals surface area contributed by atoms with Crippen LogP contribution in [0.3, 0.4) is 0 Å². The van der Waals surface area contributed by atoms with Gasteiger partial charge in [-0.15, -0.1) is 0 Å². The number of carbonyl (C=O) groups is 1. The molecule has 0 aromatic carbocycles. The standard InChI is InChI=1S/C14H24N4O2/c1-14(2,3)20-13(19)17(5)18-7-6-11(10-18)12-8-15-16(4)9-12/h8-9,11H,6-7,10H2,1-5H3. The normalized spacial score (nSPS) is 20.1. The fourth-order valence-corrected chi connectivity index (χ4v) is 2.38. The van der Waals surface area contributed by atoms with Crippen molar-refractivity contribution in [1.82, 2.24) is 19.8 Å². The van der Waals surface area contributed by atoms with E-state index in [0.717, 1.165) is 19.5 Å². The number of aryl methyl sites for hydroxylation is 1. The lowest BCUT2D eigenvalue weighted by atomic mass is 10.0. The molecule has 0 aliphatic carbocycles. The van der Waals surface area contributed by atoms with Gasteiger partial charge in [-0.3, -0.25) is 4.68 Å². The van der Waals surface area contributed by atoms with E-state index in [9.17, 15) is 4.79 Å². The third kappa shape index (κ3) is 3.50. The van der Waals surface area contributed by atoms with Gasteiger partial charge in [-0.1, -0.05) is 0 Å². The van der Waals surface area contributed by atoms with E-state index in [1.165, 1.54) is 5.56 Å².